The van der Waals surface area contributed by atoms with Crippen molar-refractivity contribution in [3.63, 3.8) is 0 Å². The van der Waals surface area contributed by atoms with Crippen molar-refractivity contribution in [2.45, 2.75) is 13.8 Å². The minimum atomic E-state index is -0.350. The summed E-state index contributed by atoms with van der Waals surface area (Å²) >= 11 is 0. The Bertz CT molecular complexity index is 629. The summed E-state index contributed by atoms with van der Waals surface area (Å²) in [6.45, 7) is 3.92. The molecule has 18 heavy (non-hydrogen) atoms. The average molecular weight is 241 g/mol. The number of ether oxygens (including phenoxy) is 1. The number of benzene rings is 1. The number of carbonyl (C=O) groups excluding carboxylic acids is 1. The van der Waals surface area contributed by atoms with E-state index in [1.165, 1.54) is 18.7 Å². The highest BCUT2D eigenvalue weighted by atomic mass is 16.5. The number of methoxy groups -OCH3 is 1. The summed E-state index contributed by atoms with van der Waals surface area (Å²) in [6.07, 6.45) is 3.24. The second-order valence-corrected chi connectivity index (χ2v) is 4.27. The van der Waals surface area contributed by atoms with Gasteiger partial charge in [0.15, 0.2) is 0 Å². The average Bonchev–Trinajstić information content (AvgIpc) is 2.37. The van der Waals surface area contributed by atoms with Gasteiger partial charge in [-0.15, -0.1) is 0 Å². The Balaban J connectivity index is 2.46. The third-order valence-corrected chi connectivity index (χ3v) is 2.83. The first-order valence-electron chi connectivity index (χ1n) is 5.73. The zero-order chi connectivity index (χ0) is 13.1. The van der Waals surface area contributed by atoms with Crippen molar-refractivity contribution in [1.29, 1.82) is 0 Å². The van der Waals surface area contributed by atoms with Crippen LogP contribution in [0.2, 0.25) is 0 Å². The standard InChI is InChI=1S/C15H15NO2/c1-10-4-5-14-12(6-10)8-13(9-16-14)11(2)7-15(17)18-3/h4-9H,1-3H3. The first-order chi connectivity index (χ1) is 8.60. The lowest BCUT2D eigenvalue weighted by Gasteiger charge is -2.04. The lowest BCUT2D eigenvalue weighted by molar-refractivity contribution is -0.134. The number of hydrogen-bond acceptors (Lipinski definition) is 3. The van der Waals surface area contributed by atoms with Crippen LogP contribution in [0.3, 0.4) is 0 Å². The summed E-state index contributed by atoms with van der Waals surface area (Å²) in [5.74, 6) is -0.350. The fraction of sp³-hybridized carbons (Fsp3) is 0.200. The molecule has 0 N–H and O–H groups in total. The first kappa shape index (κ1) is 12.3. The minimum absolute atomic E-state index is 0.350. The Morgan fingerprint density at radius 3 is 2.83 bits per heavy atom. The summed E-state index contributed by atoms with van der Waals surface area (Å²) in [5.41, 5.74) is 3.92. The number of nitrogens with zero attached hydrogens (tertiary/aromatic N) is 1. The zero-order valence-corrected chi connectivity index (χ0v) is 10.7. The van der Waals surface area contributed by atoms with Crippen molar-refractivity contribution in [3.8, 4) is 0 Å². The first-order valence-corrected chi connectivity index (χ1v) is 5.73. The second-order valence-electron chi connectivity index (χ2n) is 4.27. The van der Waals surface area contributed by atoms with Crippen molar-refractivity contribution >= 4 is 22.4 Å². The van der Waals surface area contributed by atoms with Gasteiger partial charge >= 0.3 is 5.97 Å². The molecule has 0 radical (unpaired) electrons. The molecule has 0 fully saturated rings. The molecule has 92 valence electrons. The number of rotatable bonds is 2. The maximum Gasteiger partial charge on any atom is 0.330 e. The predicted molar refractivity (Wildman–Crippen MR) is 72.1 cm³/mol. The van der Waals surface area contributed by atoms with Gasteiger partial charge in [0, 0.05) is 17.7 Å². The van der Waals surface area contributed by atoms with Crippen LogP contribution in [0, 0.1) is 6.92 Å². The van der Waals surface area contributed by atoms with Gasteiger partial charge in [-0.2, -0.15) is 0 Å². The topological polar surface area (TPSA) is 39.2 Å². The van der Waals surface area contributed by atoms with Crippen LogP contribution in [-0.2, 0) is 9.53 Å². The molecule has 0 bridgehead atoms. The Labute approximate surface area is 106 Å². The zero-order valence-electron chi connectivity index (χ0n) is 10.7. The van der Waals surface area contributed by atoms with E-state index in [2.05, 4.69) is 15.8 Å². The van der Waals surface area contributed by atoms with Crippen LogP contribution in [0.15, 0.2) is 36.5 Å². The number of aryl methyl sites for hydroxylation is 1. The van der Waals surface area contributed by atoms with Crippen molar-refractivity contribution in [2.24, 2.45) is 0 Å². The summed E-state index contributed by atoms with van der Waals surface area (Å²) in [6, 6.07) is 8.14. The number of allylic oxidation sites excluding steroid dienone is 1. The maximum atomic E-state index is 11.2. The number of pyridine rings is 1. The number of carbonyl (C=O) groups is 1. The number of esters is 1. The van der Waals surface area contributed by atoms with Gasteiger partial charge in [0.05, 0.1) is 12.6 Å². The van der Waals surface area contributed by atoms with E-state index in [-0.39, 0.29) is 5.97 Å². The van der Waals surface area contributed by atoms with E-state index < -0.39 is 0 Å². The molecule has 0 atom stereocenters. The lowest BCUT2D eigenvalue weighted by atomic mass is 10.1. The van der Waals surface area contributed by atoms with Crippen molar-refractivity contribution in [1.82, 2.24) is 4.98 Å². The molecule has 0 amide bonds. The van der Waals surface area contributed by atoms with E-state index in [0.29, 0.717) is 0 Å². The maximum absolute atomic E-state index is 11.2. The highest BCUT2D eigenvalue weighted by molar-refractivity contribution is 5.92. The molecule has 2 rings (SSSR count). The van der Waals surface area contributed by atoms with Crippen molar-refractivity contribution < 1.29 is 9.53 Å². The van der Waals surface area contributed by atoms with Gasteiger partial charge in [0.1, 0.15) is 0 Å². The van der Waals surface area contributed by atoms with E-state index >= 15 is 0 Å². The minimum Gasteiger partial charge on any atom is -0.466 e. The molecular weight excluding hydrogens is 226 g/mol. The van der Waals surface area contributed by atoms with Crippen LogP contribution in [0.1, 0.15) is 18.1 Å². The molecule has 0 saturated heterocycles. The fourth-order valence-corrected chi connectivity index (χ4v) is 1.79. The largest absolute Gasteiger partial charge is 0.466 e. The number of aromatic nitrogens is 1. The quantitative estimate of drug-likeness (QED) is 0.599. The number of hydrogen-bond donors (Lipinski definition) is 0. The molecule has 0 saturated carbocycles. The van der Waals surface area contributed by atoms with Crippen LogP contribution >= 0.6 is 0 Å². The highest BCUT2D eigenvalue weighted by Gasteiger charge is 2.02. The fourth-order valence-electron chi connectivity index (χ4n) is 1.79. The third kappa shape index (κ3) is 2.56. The molecule has 0 spiro atoms. The van der Waals surface area contributed by atoms with Gasteiger partial charge in [0.2, 0.25) is 0 Å². The molecule has 1 aromatic heterocycles. The molecule has 1 aromatic carbocycles. The van der Waals surface area contributed by atoms with Crippen molar-refractivity contribution in [2.75, 3.05) is 7.11 Å². The monoisotopic (exact) mass is 241 g/mol. The third-order valence-electron chi connectivity index (χ3n) is 2.83. The van der Waals surface area contributed by atoms with E-state index in [0.717, 1.165) is 22.0 Å². The number of fused-ring (bicyclic) bond motifs is 1. The Morgan fingerprint density at radius 2 is 2.11 bits per heavy atom. The van der Waals surface area contributed by atoms with Crippen LogP contribution in [0.5, 0.6) is 0 Å². The van der Waals surface area contributed by atoms with E-state index in [1.807, 2.05) is 32.0 Å². The highest BCUT2D eigenvalue weighted by Crippen LogP contribution is 2.19. The summed E-state index contributed by atoms with van der Waals surface area (Å²) in [7, 11) is 1.37. The molecular formula is C15H15NO2. The van der Waals surface area contributed by atoms with E-state index in [4.69, 9.17) is 0 Å². The normalized spacial score (nSPS) is 11.6. The van der Waals surface area contributed by atoms with Gasteiger partial charge in [0.25, 0.3) is 0 Å². The van der Waals surface area contributed by atoms with Crippen LogP contribution in [0.25, 0.3) is 16.5 Å². The molecule has 1 heterocycles. The predicted octanol–water partition coefficient (Wildman–Crippen LogP) is 3.12. The van der Waals surface area contributed by atoms with Crippen LogP contribution < -0.4 is 0 Å². The molecule has 3 nitrogen and oxygen atoms in total. The Hall–Kier alpha value is -2.16. The smallest absolute Gasteiger partial charge is 0.330 e. The van der Waals surface area contributed by atoms with Crippen LogP contribution in [0.4, 0.5) is 0 Å². The molecule has 2 aromatic rings. The van der Waals surface area contributed by atoms with Gasteiger partial charge in [-0.1, -0.05) is 11.6 Å². The van der Waals surface area contributed by atoms with Crippen molar-refractivity contribution in [3.05, 3.63) is 47.7 Å². The Kier molecular flexibility index (Phi) is 3.42. The van der Waals surface area contributed by atoms with Gasteiger partial charge in [-0.3, -0.25) is 4.98 Å². The van der Waals surface area contributed by atoms with Gasteiger partial charge < -0.3 is 4.74 Å². The SMILES string of the molecule is COC(=O)C=C(C)c1cnc2ccc(C)cc2c1. The summed E-state index contributed by atoms with van der Waals surface area (Å²) < 4.78 is 4.61. The summed E-state index contributed by atoms with van der Waals surface area (Å²) in [4.78, 5) is 15.6. The lowest BCUT2D eigenvalue weighted by Crippen LogP contribution is -1.96. The van der Waals surface area contributed by atoms with Gasteiger partial charge in [-0.25, -0.2) is 4.79 Å². The molecule has 0 aliphatic heterocycles. The van der Waals surface area contributed by atoms with Gasteiger partial charge in [-0.05, 0) is 43.2 Å². The molecule has 3 heteroatoms. The molecule has 0 aliphatic carbocycles. The molecule has 0 unspecified atom stereocenters. The van der Waals surface area contributed by atoms with E-state index in [9.17, 15) is 4.79 Å². The van der Waals surface area contributed by atoms with E-state index in [1.54, 1.807) is 6.20 Å². The van der Waals surface area contributed by atoms with Crippen LogP contribution in [-0.4, -0.2) is 18.1 Å². The Morgan fingerprint density at radius 1 is 1.33 bits per heavy atom. The summed E-state index contributed by atoms with van der Waals surface area (Å²) in [5, 5.41) is 1.07. The molecule has 0 aliphatic rings. The second kappa shape index (κ2) is 5.00.